The molecule has 1 N–H and O–H groups in total. The number of nitrogens with zero attached hydrogens (tertiary/aromatic N) is 2. The van der Waals surface area contributed by atoms with Crippen LogP contribution in [0.2, 0.25) is 0 Å². The molecular weight excluding hydrogens is 370 g/mol. The van der Waals surface area contributed by atoms with E-state index in [1.165, 1.54) is 0 Å². The summed E-state index contributed by atoms with van der Waals surface area (Å²) in [6, 6.07) is 5.80. The monoisotopic (exact) mass is 389 g/mol. The molecule has 5 nitrogen and oxygen atoms in total. The molecule has 1 aromatic heterocycles. The molecule has 1 unspecified atom stereocenters. The van der Waals surface area contributed by atoms with Crippen molar-refractivity contribution in [3.63, 3.8) is 0 Å². The molecule has 1 saturated heterocycles. The number of carbonyl (C=O) groups excluding carboxylic acids is 1. The number of urea groups is 1. The van der Waals surface area contributed by atoms with E-state index in [1.807, 2.05) is 36.9 Å². The number of oxazole rings is 1. The summed E-state index contributed by atoms with van der Waals surface area (Å²) in [4.78, 5) is 19.4. The zero-order valence-electron chi connectivity index (χ0n) is 13.8. The molecular formula is C18H20BrN3O2. The smallest absolute Gasteiger partial charge is 0.321 e. The molecule has 1 aliphatic heterocycles. The molecule has 0 spiro atoms. The quantitative estimate of drug-likeness (QED) is 0.782. The van der Waals surface area contributed by atoms with Crippen LogP contribution in [0.4, 0.5) is 10.5 Å². The van der Waals surface area contributed by atoms with Gasteiger partial charge in [0.1, 0.15) is 6.26 Å². The summed E-state index contributed by atoms with van der Waals surface area (Å²) in [6.07, 6.45) is 2.72. The van der Waals surface area contributed by atoms with E-state index in [1.54, 1.807) is 6.26 Å². The standard InChI is InChI=1S/C18H20BrN3O2/c1-10-3-4-12(7-14(10)17-20-11(2)9-24-17)21-18(23)22-6-5-13-15(8-22)16(13)19/h3-4,7,9,13,15-16H,5-6,8H2,1-2H3,(H,21,23)/t13?,15-,16+/m1/s1. The number of benzene rings is 1. The normalized spacial score (nSPS) is 25.3. The van der Waals surface area contributed by atoms with E-state index in [2.05, 4.69) is 26.2 Å². The fourth-order valence-corrected chi connectivity index (χ4v) is 4.49. The molecule has 126 valence electrons. The minimum absolute atomic E-state index is 0.0292. The third-order valence-corrected chi connectivity index (χ3v) is 6.37. The summed E-state index contributed by atoms with van der Waals surface area (Å²) in [5.41, 5.74) is 3.58. The number of rotatable bonds is 2. The van der Waals surface area contributed by atoms with Gasteiger partial charge in [-0.1, -0.05) is 22.0 Å². The van der Waals surface area contributed by atoms with Crippen LogP contribution in [0.5, 0.6) is 0 Å². The Hall–Kier alpha value is -1.82. The van der Waals surface area contributed by atoms with E-state index in [0.29, 0.717) is 16.6 Å². The number of piperidine rings is 1. The maximum atomic E-state index is 12.5. The maximum absolute atomic E-state index is 12.5. The summed E-state index contributed by atoms with van der Waals surface area (Å²) in [7, 11) is 0. The average Bonchev–Trinajstić information content (AvgIpc) is 3.00. The first-order chi connectivity index (χ1) is 11.5. The van der Waals surface area contributed by atoms with Gasteiger partial charge < -0.3 is 14.6 Å². The minimum Gasteiger partial charge on any atom is -0.444 e. The maximum Gasteiger partial charge on any atom is 0.321 e. The number of aromatic nitrogens is 1. The van der Waals surface area contributed by atoms with E-state index < -0.39 is 0 Å². The van der Waals surface area contributed by atoms with Crippen LogP contribution in [0.1, 0.15) is 17.7 Å². The largest absolute Gasteiger partial charge is 0.444 e. The molecule has 2 amide bonds. The molecule has 1 aliphatic carbocycles. The number of anilines is 1. The molecule has 0 bridgehead atoms. The second-order valence-corrected chi connectivity index (χ2v) is 7.82. The number of aryl methyl sites for hydroxylation is 2. The third kappa shape index (κ3) is 2.83. The fourth-order valence-electron chi connectivity index (χ4n) is 3.45. The van der Waals surface area contributed by atoms with E-state index >= 15 is 0 Å². The van der Waals surface area contributed by atoms with Crippen molar-refractivity contribution in [1.82, 2.24) is 9.88 Å². The van der Waals surface area contributed by atoms with Crippen LogP contribution < -0.4 is 5.32 Å². The third-order valence-electron chi connectivity index (χ3n) is 5.02. The molecule has 2 heterocycles. The van der Waals surface area contributed by atoms with Gasteiger partial charge in [0.05, 0.1) is 5.69 Å². The Morgan fingerprint density at radius 3 is 2.92 bits per heavy atom. The zero-order valence-corrected chi connectivity index (χ0v) is 15.3. The number of fused-ring (bicyclic) bond motifs is 1. The van der Waals surface area contributed by atoms with E-state index in [4.69, 9.17) is 4.42 Å². The number of halogens is 1. The molecule has 0 radical (unpaired) electrons. The van der Waals surface area contributed by atoms with Crippen LogP contribution in [0.15, 0.2) is 28.9 Å². The molecule has 24 heavy (non-hydrogen) atoms. The highest BCUT2D eigenvalue weighted by molar-refractivity contribution is 9.09. The van der Waals surface area contributed by atoms with Gasteiger partial charge in [-0.15, -0.1) is 0 Å². The van der Waals surface area contributed by atoms with E-state index in [9.17, 15) is 4.79 Å². The Morgan fingerprint density at radius 2 is 2.21 bits per heavy atom. The van der Waals surface area contributed by atoms with Crippen molar-refractivity contribution in [2.45, 2.75) is 25.1 Å². The van der Waals surface area contributed by atoms with Crippen LogP contribution in [-0.2, 0) is 0 Å². The van der Waals surface area contributed by atoms with Crippen molar-refractivity contribution in [3.05, 3.63) is 35.7 Å². The minimum atomic E-state index is -0.0292. The lowest BCUT2D eigenvalue weighted by Crippen LogP contribution is -2.39. The number of likely N-dealkylation sites (tertiary alicyclic amines) is 1. The molecule has 1 aromatic carbocycles. The Labute approximate surface area is 149 Å². The number of amides is 2. The molecule has 3 atom stereocenters. The van der Waals surface area contributed by atoms with Crippen LogP contribution >= 0.6 is 15.9 Å². The number of nitrogens with one attached hydrogen (secondary N) is 1. The summed E-state index contributed by atoms with van der Waals surface area (Å²) < 4.78 is 5.50. The van der Waals surface area contributed by atoms with Crippen molar-refractivity contribution in [3.8, 4) is 11.5 Å². The Morgan fingerprint density at radius 1 is 1.38 bits per heavy atom. The van der Waals surface area contributed by atoms with Gasteiger partial charge in [0.25, 0.3) is 0 Å². The number of alkyl halides is 1. The van der Waals surface area contributed by atoms with Crippen LogP contribution in [0, 0.1) is 25.7 Å². The van der Waals surface area contributed by atoms with E-state index in [0.717, 1.165) is 47.9 Å². The van der Waals surface area contributed by atoms with Crippen molar-refractivity contribution >= 4 is 27.6 Å². The van der Waals surface area contributed by atoms with Gasteiger partial charge in [-0.3, -0.25) is 0 Å². The lowest BCUT2D eigenvalue weighted by Gasteiger charge is -2.26. The Bertz CT molecular complexity index is 788. The lowest BCUT2D eigenvalue weighted by molar-refractivity contribution is 0.197. The van der Waals surface area contributed by atoms with Crippen LogP contribution in [-0.4, -0.2) is 33.8 Å². The highest BCUT2D eigenvalue weighted by Gasteiger charge is 2.51. The van der Waals surface area contributed by atoms with Crippen molar-refractivity contribution in [2.24, 2.45) is 11.8 Å². The van der Waals surface area contributed by atoms with Crippen molar-refractivity contribution < 1.29 is 9.21 Å². The van der Waals surface area contributed by atoms with Crippen molar-refractivity contribution in [2.75, 3.05) is 18.4 Å². The predicted molar refractivity (Wildman–Crippen MR) is 96.3 cm³/mol. The molecule has 4 rings (SSSR count). The fraction of sp³-hybridized carbons (Fsp3) is 0.444. The van der Waals surface area contributed by atoms with Gasteiger partial charge in [0, 0.05) is 29.2 Å². The molecule has 6 heteroatoms. The zero-order chi connectivity index (χ0) is 16.8. The predicted octanol–water partition coefficient (Wildman–Crippen LogP) is 4.21. The van der Waals surface area contributed by atoms with Crippen LogP contribution in [0.25, 0.3) is 11.5 Å². The summed E-state index contributed by atoms with van der Waals surface area (Å²) >= 11 is 3.69. The first-order valence-electron chi connectivity index (χ1n) is 8.26. The SMILES string of the molecule is Cc1coc(-c2cc(NC(=O)N3CCC4[C@@H](C3)[C@H]4Br)ccc2C)n1. The van der Waals surface area contributed by atoms with Gasteiger partial charge >= 0.3 is 6.03 Å². The highest BCUT2D eigenvalue weighted by Crippen LogP contribution is 2.50. The highest BCUT2D eigenvalue weighted by atomic mass is 79.9. The summed E-state index contributed by atoms with van der Waals surface area (Å²) in [6.45, 7) is 5.57. The first kappa shape index (κ1) is 15.7. The van der Waals surface area contributed by atoms with Gasteiger partial charge in [-0.05, 0) is 49.8 Å². The number of carbonyl (C=O) groups is 1. The molecule has 2 aromatic rings. The first-order valence-corrected chi connectivity index (χ1v) is 9.17. The van der Waals surface area contributed by atoms with Gasteiger partial charge in [-0.2, -0.15) is 0 Å². The summed E-state index contributed by atoms with van der Waals surface area (Å²) in [5.74, 6) is 1.96. The van der Waals surface area contributed by atoms with Gasteiger partial charge in [0.2, 0.25) is 5.89 Å². The van der Waals surface area contributed by atoms with E-state index in [-0.39, 0.29) is 6.03 Å². The summed E-state index contributed by atoms with van der Waals surface area (Å²) in [5, 5.41) is 3.01. The second-order valence-electron chi connectivity index (χ2n) is 6.76. The van der Waals surface area contributed by atoms with Crippen molar-refractivity contribution in [1.29, 1.82) is 0 Å². The van der Waals surface area contributed by atoms with Gasteiger partial charge in [0.15, 0.2) is 0 Å². The number of hydrogen-bond acceptors (Lipinski definition) is 3. The molecule has 2 fully saturated rings. The molecule has 2 aliphatic rings. The Balaban J connectivity index is 1.49. The lowest BCUT2D eigenvalue weighted by atomic mass is 10.1. The Kier molecular flexibility index (Phi) is 3.87. The average molecular weight is 390 g/mol. The second kappa shape index (κ2) is 5.92. The van der Waals surface area contributed by atoms with Crippen LogP contribution in [0.3, 0.4) is 0 Å². The number of hydrogen-bond donors (Lipinski definition) is 1. The molecule has 1 saturated carbocycles. The topological polar surface area (TPSA) is 58.4 Å². The van der Waals surface area contributed by atoms with Gasteiger partial charge in [-0.25, -0.2) is 9.78 Å².